The Hall–Kier alpha value is -7.44. The van der Waals surface area contributed by atoms with E-state index < -0.39 is 29.4 Å². The van der Waals surface area contributed by atoms with Crippen LogP contribution in [0.5, 0.6) is 0 Å². The van der Waals surface area contributed by atoms with Gasteiger partial charge in [0, 0.05) is 58.7 Å². The molecular formula is C64H66BrCl3N8O8. The standard InChI is InChI=1S/C26H30ClN3O4.C19H18BrClN2O2.C19H18ClN3O2/c1-6-33-24(31)17-11-12-29(15-17)18-8-9-20(27)19(14-18)23-28-21-13-16(2)7-10-22(21)30(23)25(32)34-26(3,4)5;1-11-5-8-16-15(9-11)22-17(13-10-12(20)6-7-14(13)21)23(16)18(24)25-19(2,3)4;1-11-2-5-16-17(8-11)22-18(21-16)14-9-13(3-4-15(14)20)23-7-6-12(10-23)19(24)25/h7-10,13-14,17H,6,11-12,15H2,1-5H3;5-10H,1-4H3;2-5,8-9,12H,6-7,10H2,1H3,(H,21,22)(H,24,25). The minimum Gasteiger partial charge on any atom is -0.481 e. The Morgan fingerprint density at radius 2 is 1.06 bits per heavy atom. The van der Waals surface area contributed by atoms with Crippen LogP contribution in [0.4, 0.5) is 21.0 Å². The van der Waals surface area contributed by atoms with E-state index in [0.717, 1.165) is 74.4 Å². The van der Waals surface area contributed by atoms with E-state index in [1.54, 1.807) is 12.1 Å². The summed E-state index contributed by atoms with van der Waals surface area (Å²) in [6.07, 6.45) is 0.396. The molecule has 16 nitrogen and oxygen atoms in total. The third-order valence-corrected chi connectivity index (χ3v) is 15.5. The number of carboxylic acids is 1. The normalized spacial score (nSPS) is 15.2. The molecule has 2 aliphatic heterocycles. The SMILES string of the molecule is CCOC(=O)C1CCN(c2ccc(Cl)c(-c3nc4cc(C)ccc4n3C(=O)OC(C)(C)C)c2)C1.Cc1ccc2c(c1)nc(-c1cc(Br)ccc1Cl)n2C(=O)OC(C)(C)C.Cc1ccc2nc(-c3cc(N4CCC(C(=O)O)C4)ccc3Cl)[nH]c2c1. The lowest BCUT2D eigenvalue weighted by atomic mass is 10.1. The number of nitrogens with one attached hydrogen (secondary N) is 1. The topological polar surface area (TPSA) is 187 Å². The van der Waals surface area contributed by atoms with Crippen molar-refractivity contribution < 1.29 is 38.5 Å². The maximum absolute atomic E-state index is 13.2. The van der Waals surface area contributed by atoms with Crippen LogP contribution in [0.2, 0.25) is 15.1 Å². The number of aromatic nitrogens is 6. The molecule has 2 saturated heterocycles. The van der Waals surface area contributed by atoms with Crippen LogP contribution in [0.15, 0.2) is 114 Å². The third kappa shape index (κ3) is 14.0. The van der Waals surface area contributed by atoms with Crippen LogP contribution in [0, 0.1) is 32.6 Å². The Balaban J connectivity index is 0.000000154. The van der Waals surface area contributed by atoms with Crippen LogP contribution in [0.25, 0.3) is 67.3 Å². The molecule has 438 valence electrons. The number of benzene rings is 6. The summed E-state index contributed by atoms with van der Waals surface area (Å²) in [5.74, 6) is 0.234. The lowest BCUT2D eigenvalue weighted by molar-refractivity contribution is -0.147. The number of H-pyrrole nitrogens is 1. The first-order valence-corrected chi connectivity index (χ1v) is 29.5. The van der Waals surface area contributed by atoms with E-state index >= 15 is 0 Å². The summed E-state index contributed by atoms with van der Waals surface area (Å²) < 4.78 is 20.3. The second-order valence-corrected chi connectivity index (χ2v) is 25.1. The quantitative estimate of drug-likeness (QED) is 0.108. The average molecular weight is 1260 g/mol. The molecule has 0 aliphatic carbocycles. The smallest absolute Gasteiger partial charge is 0.420 e. The van der Waals surface area contributed by atoms with Gasteiger partial charge in [0.25, 0.3) is 0 Å². The number of hydrogen-bond donors (Lipinski definition) is 2. The van der Waals surface area contributed by atoms with Crippen LogP contribution in [0.1, 0.15) is 78.0 Å². The number of carbonyl (C=O) groups is 4. The summed E-state index contributed by atoms with van der Waals surface area (Å²) in [4.78, 5) is 71.1. The number of nitrogens with zero attached hydrogens (tertiary/aromatic N) is 7. The molecule has 6 aromatic carbocycles. The number of imidazole rings is 3. The summed E-state index contributed by atoms with van der Waals surface area (Å²) in [5.41, 5.74) is 10.6. The fraction of sp³-hybridized carbons (Fsp3) is 0.328. The second kappa shape index (κ2) is 25.0. The van der Waals surface area contributed by atoms with Gasteiger partial charge in [0.1, 0.15) is 17.0 Å². The number of halogens is 4. The largest absolute Gasteiger partial charge is 0.481 e. The fourth-order valence-corrected chi connectivity index (χ4v) is 11.0. The van der Waals surface area contributed by atoms with Gasteiger partial charge in [-0.25, -0.2) is 33.7 Å². The van der Waals surface area contributed by atoms with Gasteiger partial charge in [0.2, 0.25) is 0 Å². The summed E-state index contributed by atoms with van der Waals surface area (Å²) in [7, 11) is 0. The van der Waals surface area contributed by atoms with Gasteiger partial charge in [0.05, 0.1) is 66.6 Å². The predicted molar refractivity (Wildman–Crippen MR) is 337 cm³/mol. The monoisotopic (exact) mass is 1260 g/mol. The number of aliphatic carboxylic acids is 1. The van der Waals surface area contributed by atoms with E-state index in [2.05, 4.69) is 46.7 Å². The number of fused-ring (bicyclic) bond motifs is 3. The van der Waals surface area contributed by atoms with Gasteiger partial charge in [-0.2, -0.15) is 0 Å². The van der Waals surface area contributed by atoms with E-state index in [4.69, 9.17) is 54.0 Å². The van der Waals surface area contributed by atoms with Crippen molar-refractivity contribution in [2.24, 2.45) is 11.8 Å². The highest BCUT2D eigenvalue weighted by Gasteiger charge is 2.32. The van der Waals surface area contributed by atoms with Crippen LogP contribution >= 0.6 is 50.7 Å². The molecule has 0 bridgehead atoms. The molecule has 5 heterocycles. The number of rotatable bonds is 8. The van der Waals surface area contributed by atoms with E-state index in [1.807, 2.05) is 160 Å². The molecule has 0 spiro atoms. The molecule has 0 saturated carbocycles. The zero-order chi connectivity index (χ0) is 60.5. The molecule has 2 fully saturated rings. The van der Waals surface area contributed by atoms with E-state index in [1.165, 1.54) is 14.7 Å². The van der Waals surface area contributed by atoms with Gasteiger partial charge >= 0.3 is 24.1 Å². The van der Waals surface area contributed by atoms with E-state index in [-0.39, 0.29) is 17.8 Å². The molecule has 2 N–H and O–H groups in total. The highest BCUT2D eigenvalue weighted by atomic mass is 79.9. The Morgan fingerprint density at radius 3 is 1.57 bits per heavy atom. The van der Waals surface area contributed by atoms with Crippen LogP contribution < -0.4 is 9.80 Å². The molecule has 3 aromatic heterocycles. The number of carbonyl (C=O) groups excluding carboxylic acids is 3. The zero-order valence-electron chi connectivity index (χ0n) is 48.4. The van der Waals surface area contributed by atoms with Gasteiger partial charge < -0.3 is 34.1 Å². The molecule has 2 unspecified atom stereocenters. The number of aromatic amines is 1. The van der Waals surface area contributed by atoms with Crippen molar-refractivity contribution in [3.05, 3.63) is 145 Å². The first kappa shape index (κ1) is 61.1. The molecule has 2 aliphatic rings. The maximum Gasteiger partial charge on any atom is 0.420 e. The van der Waals surface area contributed by atoms with Crippen LogP contribution in [-0.2, 0) is 23.8 Å². The highest BCUT2D eigenvalue weighted by Crippen LogP contribution is 2.38. The number of carboxylic acid groups (broad SMARTS) is 1. The van der Waals surface area contributed by atoms with Gasteiger partial charge in [-0.05, 0) is 190 Å². The maximum atomic E-state index is 13.2. The van der Waals surface area contributed by atoms with Crippen molar-refractivity contribution in [3.8, 4) is 34.2 Å². The first-order valence-electron chi connectivity index (χ1n) is 27.6. The number of aryl methyl sites for hydroxylation is 3. The van der Waals surface area contributed by atoms with Crippen LogP contribution in [-0.4, -0.2) is 102 Å². The minimum absolute atomic E-state index is 0.159. The summed E-state index contributed by atoms with van der Waals surface area (Å²) >= 11 is 22.9. The number of ether oxygens (including phenoxy) is 3. The van der Waals surface area contributed by atoms with Gasteiger partial charge in [-0.1, -0.05) is 68.9 Å². The molecular weight excluding hydrogens is 1200 g/mol. The summed E-state index contributed by atoms with van der Waals surface area (Å²) in [6, 6.07) is 34.4. The summed E-state index contributed by atoms with van der Waals surface area (Å²) in [6.45, 7) is 21.7. The molecule has 11 rings (SSSR count). The lowest BCUT2D eigenvalue weighted by Crippen LogP contribution is -2.27. The van der Waals surface area contributed by atoms with Gasteiger partial charge in [-0.3, -0.25) is 9.59 Å². The minimum atomic E-state index is -0.732. The fourth-order valence-electron chi connectivity index (χ4n) is 10.1. The summed E-state index contributed by atoms with van der Waals surface area (Å²) in [5, 5.41) is 10.8. The Labute approximate surface area is 511 Å². The lowest BCUT2D eigenvalue weighted by Gasteiger charge is -2.22. The zero-order valence-corrected chi connectivity index (χ0v) is 52.3. The van der Waals surface area contributed by atoms with Crippen LogP contribution in [0.3, 0.4) is 0 Å². The van der Waals surface area contributed by atoms with Crippen molar-refractivity contribution >= 4 is 119 Å². The number of hydrogen-bond acceptors (Lipinski definition) is 12. The van der Waals surface area contributed by atoms with Gasteiger partial charge in [0.15, 0.2) is 11.6 Å². The molecule has 0 radical (unpaired) electrons. The van der Waals surface area contributed by atoms with E-state index in [0.29, 0.717) is 80.5 Å². The van der Waals surface area contributed by atoms with Crippen molar-refractivity contribution in [2.75, 3.05) is 42.6 Å². The highest BCUT2D eigenvalue weighted by molar-refractivity contribution is 9.10. The second-order valence-electron chi connectivity index (χ2n) is 23.0. The number of esters is 1. The van der Waals surface area contributed by atoms with Crippen molar-refractivity contribution in [1.29, 1.82) is 0 Å². The molecule has 0 amide bonds. The Morgan fingerprint density at radius 1 is 0.595 bits per heavy atom. The molecule has 84 heavy (non-hydrogen) atoms. The van der Waals surface area contributed by atoms with E-state index in [9.17, 15) is 24.3 Å². The molecule has 9 aromatic rings. The Kier molecular flexibility index (Phi) is 18.2. The number of anilines is 2. The van der Waals surface area contributed by atoms with Crippen molar-refractivity contribution in [3.63, 3.8) is 0 Å². The molecule has 20 heteroatoms. The Bertz CT molecular complexity index is 3990. The average Bonchev–Trinajstić information content (AvgIpc) is 3.95. The predicted octanol–water partition coefficient (Wildman–Crippen LogP) is 16.2. The molecule has 2 atom stereocenters. The first-order chi connectivity index (χ1) is 39.7. The van der Waals surface area contributed by atoms with Gasteiger partial charge in [-0.15, -0.1) is 0 Å². The van der Waals surface area contributed by atoms with Crippen molar-refractivity contribution in [2.45, 2.75) is 93.3 Å². The third-order valence-electron chi connectivity index (χ3n) is 14.1. The van der Waals surface area contributed by atoms with Crippen molar-refractivity contribution in [1.82, 2.24) is 29.1 Å².